The summed E-state index contributed by atoms with van der Waals surface area (Å²) >= 11 is 0. The van der Waals surface area contributed by atoms with Crippen molar-refractivity contribution in [1.82, 2.24) is 29.0 Å². The van der Waals surface area contributed by atoms with Crippen LogP contribution in [0.5, 0.6) is 0 Å². The van der Waals surface area contributed by atoms with E-state index in [1.165, 1.54) is 16.9 Å². The lowest BCUT2D eigenvalue weighted by Crippen LogP contribution is -2.32. The van der Waals surface area contributed by atoms with Crippen LogP contribution in [0, 0.1) is 5.82 Å². The Kier molecular flexibility index (Phi) is 5.09. The van der Waals surface area contributed by atoms with Gasteiger partial charge in [0.1, 0.15) is 29.5 Å². The molecule has 0 spiro atoms. The number of pyridine rings is 2. The van der Waals surface area contributed by atoms with Gasteiger partial charge >= 0.3 is 0 Å². The molecule has 31 heavy (non-hydrogen) atoms. The fourth-order valence-electron chi connectivity index (χ4n) is 4.19. The summed E-state index contributed by atoms with van der Waals surface area (Å²) in [5.74, 6) is -0.516. The molecule has 1 aliphatic heterocycles. The van der Waals surface area contributed by atoms with E-state index in [1.54, 1.807) is 28.9 Å². The van der Waals surface area contributed by atoms with Crippen molar-refractivity contribution in [3.8, 4) is 11.4 Å². The van der Waals surface area contributed by atoms with Crippen molar-refractivity contribution < 1.29 is 13.6 Å². The Morgan fingerprint density at radius 3 is 2.65 bits per heavy atom. The van der Waals surface area contributed by atoms with Crippen LogP contribution in [-0.4, -0.2) is 54.7 Å². The van der Waals surface area contributed by atoms with Gasteiger partial charge in [-0.05, 0) is 31.0 Å². The summed E-state index contributed by atoms with van der Waals surface area (Å²) in [5, 5.41) is 5.22. The van der Waals surface area contributed by atoms with Crippen molar-refractivity contribution in [1.29, 1.82) is 0 Å². The lowest BCUT2D eigenvalue weighted by Gasteiger charge is -2.19. The molecular weight excluding hydrogens is 402 g/mol. The molecule has 9 heteroatoms. The number of imidazole rings is 1. The maximum Gasteiger partial charge on any atom is 0.272 e. The van der Waals surface area contributed by atoms with E-state index in [0.29, 0.717) is 33.6 Å². The number of nitrogens with zero attached hydrogens (tertiary/aromatic N) is 6. The third-order valence-electron chi connectivity index (χ3n) is 5.76. The van der Waals surface area contributed by atoms with Crippen molar-refractivity contribution in [2.75, 3.05) is 19.8 Å². The summed E-state index contributed by atoms with van der Waals surface area (Å²) in [6, 6.07) is 4.60. The average molecular weight is 424 g/mol. The Labute approximate surface area is 177 Å². The second-order valence-corrected chi connectivity index (χ2v) is 7.77. The van der Waals surface area contributed by atoms with Crippen LogP contribution in [0.2, 0.25) is 0 Å². The number of carbonyl (C=O) groups excluding carboxylic acids is 1. The Balaban J connectivity index is 1.61. The van der Waals surface area contributed by atoms with E-state index in [1.807, 2.05) is 4.90 Å². The first-order chi connectivity index (χ1) is 15.2. The highest BCUT2D eigenvalue weighted by Crippen LogP contribution is 2.29. The summed E-state index contributed by atoms with van der Waals surface area (Å²) in [7, 11) is 0. The van der Waals surface area contributed by atoms with Crippen LogP contribution in [-0.2, 0) is 6.54 Å². The molecule has 4 aromatic heterocycles. The lowest BCUT2D eigenvalue weighted by molar-refractivity contribution is 0.0756. The molecule has 1 aliphatic rings. The fraction of sp³-hybridized carbons (Fsp3) is 0.364. The van der Waals surface area contributed by atoms with Crippen molar-refractivity contribution in [2.45, 2.75) is 32.2 Å². The van der Waals surface area contributed by atoms with Gasteiger partial charge in [-0.15, -0.1) is 0 Å². The molecule has 0 aliphatic carbocycles. The van der Waals surface area contributed by atoms with Crippen LogP contribution < -0.4 is 0 Å². The van der Waals surface area contributed by atoms with Crippen LogP contribution >= 0.6 is 0 Å². The van der Waals surface area contributed by atoms with Gasteiger partial charge in [0, 0.05) is 30.9 Å². The lowest BCUT2D eigenvalue weighted by atomic mass is 10.2. The number of aryl methyl sites for hydroxylation is 1. The highest BCUT2D eigenvalue weighted by atomic mass is 19.1. The van der Waals surface area contributed by atoms with Crippen LogP contribution in [0.3, 0.4) is 0 Å². The van der Waals surface area contributed by atoms with E-state index in [4.69, 9.17) is 0 Å². The highest BCUT2D eigenvalue weighted by Gasteiger charge is 2.22. The van der Waals surface area contributed by atoms with Gasteiger partial charge in [-0.1, -0.05) is 12.8 Å². The first kappa shape index (κ1) is 19.6. The van der Waals surface area contributed by atoms with Gasteiger partial charge in [-0.3, -0.25) is 18.9 Å². The summed E-state index contributed by atoms with van der Waals surface area (Å²) in [6.07, 6.45) is 8.77. The topological polar surface area (TPSA) is 68.3 Å². The summed E-state index contributed by atoms with van der Waals surface area (Å²) in [4.78, 5) is 23.6. The number of carbonyl (C=O) groups is 1. The van der Waals surface area contributed by atoms with E-state index < -0.39 is 12.5 Å². The van der Waals surface area contributed by atoms with E-state index in [9.17, 15) is 13.6 Å². The summed E-state index contributed by atoms with van der Waals surface area (Å²) < 4.78 is 30.2. The van der Waals surface area contributed by atoms with Gasteiger partial charge in [0.15, 0.2) is 0 Å². The molecule has 0 bridgehead atoms. The average Bonchev–Trinajstić information content (AvgIpc) is 3.22. The van der Waals surface area contributed by atoms with Gasteiger partial charge < -0.3 is 4.90 Å². The summed E-state index contributed by atoms with van der Waals surface area (Å²) in [5.41, 5.74) is 2.61. The first-order valence-electron chi connectivity index (χ1n) is 10.5. The van der Waals surface area contributed by atoms with Crippen LogP contribution in [0.1, 0.15) is 36.2 Å². The molecule has 1 amide bonds. The number of fused-ring (bicyclic) bond motifs is 2. The van der Waals surface area contributed by atoms with E-state index in [-0.39, 0.29) is 12.5 Å². The molecule has 4 aromatic rings. The number of rotatable bonds is 4. The van der Waals surface area contributed by atoms with Gasteiger partial charge in [0.25, 0.3) is 5.91 Å². The van der Waals surface area contributed by atoms with Gasteiger partial charge in [-0.2, -0.15) is 5.10 Å². The zero-order valence-electron chi connectivity index (χ0n) is 17.0. The Hall–Kier alpha value is -3.36. The minimum Gasteiger partial charge on any atom is -0.337 e. The van der Waals surface area contributed by atoms with E-state index >= 15 is 0 Å². The number of hydrogen-bond acceptors (Lipinski definition) is 4. The number of amides is 1. The van der Waals surface area contributed by atoms with Gasteiger partial charge in [0.2, 0.25) is 0 Å². The van der Waals surface area contributed by atoms with Crippen molar-refractivity contribution >= 4 is 22.5 Å². The monoisotopic (exact) mass is 424 g/mol. The zero-order chi connectivity index (χ0) is 21.4. The van der Waals surface area contributed by atoms with Crippen LogP contribution in [0.15, 0.2) is 36.8 Å². The minimum atomic E-state index is -0.601. The SMILES string of the molecule is O=C(c1cc2c(cn1)c(-c1cnc3ccc(F)cn13)nn2CCF)N1CCCCCC1. The van der Waals surface area contributed by atoms with Crippen LogP contribution in [0.25, 0.3) is 27.9 Å². The molecule has 0 atom stereocenters. The molecule has 0 N–H and O–H groups in total. The Bertz CT molecular complexity index is 1260. The maximum atomic E-state index is 13.8. The highest BCUT2D eigenvalue weighted by molar-refractivity contribution is 5.99. The minimum absolute atomic E-state index is 0.0446. The van der Waals surface area contributed by atoms with Crippen molar-refractivity contribution in [2.24, 2.45) is 0 Å². The number of aromatic nitrogens is 5. The number of likely N-dealkylation sites (tertiary alicyclic amines) is 1. The maximum absolute atomic E-state index is 13.8. The smallest absolute Gasteiger partial charge is 0.272 e. The predicted octanol–water partition coefficient (Wildman–Crippen LogP) is 3.87. The molecule has 160 valence electrons. The molecule has 5 rings (SSSR count). The number of halogens is 2. The second-order valence-electron chi connectivity index (χ2n) is 7.77. The first-order valence-corrected chi connectivity index (χ1v) is 10.5. The van der Waals surface area contributed by atoms with E-state index in [2.05, 4.69) is 15.1 Å². The quantitative estimate of drug-likeness (QED) is 0.499. The molecule has 0 aromatic carbocycles. The van der Waals surface area contributed by atoms with Crippen molar-refractivity contribution in [3.05, 3.63) is 48.3 Å². The number of alkyl halides is 1. The molecule has 1 saturated heterocycles. The predicted molar refractivity (Wildman–Crippen MR) is 112 cm³/mol. The van der Waals surface area contributed by atoms with Crippen molar-refractivity contribution in [3.63, 3.8) is 0 Å². The third kappa shape index (κ3) is 3.54. The third-order valence-corrected chi connectivity index (χ3v) is 5.76. The van der Waals surface area contributed by atoms with E-state index in [0.717, 1.165) is 38.8 Å². The summed E-state index contributed by atoms with van der Waals surface area (Å²) in [6.45, 7) is 0.889. The normalized spacial score (nSPS) is 15.0. The zero-order valence-corrected chi connectivity index (χ0v) is 17.0. The largest absolute Gasteiger partial charge is 0.337 e. The van der Waals surface area contributed by atoms with Crippen LogP contribution in [0.4, 0.5) is 8.78 Å². The standard InChI is InChI=1S/C22H22F2N6O/c23-7-10-30-18-11-17(22(31)28-8-3-1-2-4-9-28)25-12-16(18)21(27-30)19-13-26-20-6-5-15(24)14-29(19)20/h5-6,11-14H,1-4,7-10H2. The number of hydrogen-bond donors (Lipinski definition) is 0. The Morgan fingerprint density at radius 1 is 1.06 bits per heavy atom. The molecular formula is C22H22F2N6O. The fourth-order valence-corrected chi connectivity index (χ4v) is 4.19. The second kappa shape index (κ2) is 8.05. The molecule has 7 nitrogen and oxygen atoms in total. The molecule has 1 fully saturated rings. The molecule has 5 heterocycles. The molecule has 0 radical (unpaired) electrons. The van der Waals surface area contributed by atoms with Gasteiger partial charge in [-0.25, -0.2) is 13.8 Å². The Morgan fingerprint density at radius 2 is 1.87 bits per heavy atom. The molecule has 0 unspecified atom stereocenters. The molecule has 0 saturated carbocycles. The van der Waals surface area contributed by atoms with Gasteiger partial charge in [0.05, 0.1) is 24.0 Å².